The number of hydrogen-bond donors (Lipinski definition) is 0. The molecule has 2 aromatic carbocycles. The van der Waals surface area contributed by atoms with Gasteiger partial charge in [-0.15, -0.1) is 0 Å². The first-order valence-electron chi connectivity index (χ1n) is 9.56. The molecular weight excluding hydrogens is 528 g/mol. The van der Waals surface area contributed by atoms with Crippen molar-refractivity contribution in [3.63, 3.8) is 0 Å². The monoisotopic (exact) mass is 543 g/mol. The van der Waals surface area contributed by atoms with Gasteiger partial charge in [0.25, 0.3) is 0 Å². The second kappa shape index (κ2) is 8.39. The molecular formula is C23H16ClFIN5. The Morgan fingerprint density at radius 3 is 2.58 bits per heavy atom. The first-order chi connectivity index (χ1) is 15.1. The Morgan fingerprint density at radius 2 is 1.81 bits per heavy atom. The van der Waals surface area contributed by atoms with Gasteiger partial charge in [-0.05, 0) is 58.0 Å². The zero-order valence-electron chi connectivity index (χ0n) is 16.2. The molecule has 0 saturated heterocycles. The van der Waals surface area contributed by atoms with Crippen LogP contribution in [0.15, 0.2) is 73.6 Å². The van der Waals surface area contributed by atoms with Gasteiger partial charge in [-0.2, -0.15) is 0 Å². The van der Waals surface area contributed by atoms with Crippen LogP contribution in [-0.4, -0.2) is 24.1 Å². The second-order valence-electron chi connectivity index (χ2n) is 7.22. The highest BCUT2D eigenvalue weighted by Crippen LogP contribution is 2.29. The van der Waals surface area contributed by atoms with Crippen LogP contribution >= 0.6 is 34.2 Å². The van der Waals surface area contributed by atoms with Gasteiger partial charge in [0.2, 0.25) is 0 Å². The molecule has 0 aliphatic heterocycles. The van der Waals surface area contributed by atoms with E-state index in [0.717, 1.165) is 28.0 Å². The first kappa shape index (κ1) is 20.1. The predicted octanol–water partition coefficient (Wildman–Crippen LogP) is 5.79. The number of fused-ring (bicyclic) bond motifs is 1. The van der Waals surface area contributed by atoms with E-state index in [1.165, 1.54) is 6.07 Å². The van der Waals surface area contributed by atoms with Gasteiger partial charge in [0.15, 0.2) is 0 Å². The fourth-order valence-electron chi connectivity index (χ4n) is 3.56. The molecule has 0 unspecified atom stereocenters. The number of nitrogens with zero attached hydrogens (tertiary/aromatic N) is 5. The number of pyridine rings is 1. The zero-order chi connectivity index (χ0) is 21.4. The van der Waals surface area contributed by atoms with Gasteiger partial charge in [0.05, 0.1) is 27.5 Å². The average Bonchev–Trinajstić information content (AvgIpc) is 3.39. The Labute approximate surface area is 196 Å². The number of rotatable bonds is 5. The van der Waals surface area contributed by atoms with Crippen molar-refractivity contribution in [2.24, 2.45) is 0 Å². The molecule has 0 atom stereocenters. The summed E-state index contributed by atoms with van der Waals surface area (Å²) in [7, 11) is 0. The molecule has 0 aliphatic carbocycles. The van der Waals surface area contributed by atoms with Gasteiger partial charge in [-0.1, -0.05) is 23.7 Å². The minimum Gasteiger partial charge on any atom is -0.333 e. The summed E-state index contributed by atoms with van der Waals surface area (Å²) in [5.74, 6) is 0.467. The highest BCUT2D eigenvalue weighted by atomic mass is 127. The summed E-state index contributed by atoms with van der Waals surface area (Å²) in [6.07, 6.45) is 9.05. The van der Waals surface area contributed by atoms with Gasteiger partial charge in [-0.3, -0.25) is 4.98 Å². The van der Waals surface area contributed by atoms with Crippen molar-refractivity contribution in [2.75, 3.05) is 0 Å². The molecule has 5 rings (SSSR count). The molecule has 0 radical (unpaired) electrons. The topological polar surface area (TPSA) is 48.5 Å². The lowest BCUT2D eigenvalue weighted by Crippen LogP contribution is -2.04. The molecule has 0 bridgehead atoms. The number of hydrogen-bond acceptors (Lipinski definition) is 3. The van der Waals surface area contributed by atoms with Gasteiger partial charge in [0.1, 0.15) is 11.6 Å². The van der Waals surface area contributed by atoms with Crippen LogP contribution in [0.3, 0.4) is 0 Å². The van der Waals surface area contributed by atoms with Crippen LogP contribution in [-0.2, 0) is 13.1 Å². The third-order valence-corrected chi connectivity index (χ3v) is 6.10. The van der Waals surface area contributed by atoms with E-state index in [0.29, 0.717) is 27.2 Å². The Balaban J connectivity index is 1.63. The fourth-order valence-corrected chi connectivity index (χ4v) is 4.14. The molecule has 8 heteroatoms. The second-order valence-corrected chi connectivity index (χ2v) is 8.82. The number of halogens is 3. The molecule has 0 saturated carbocycles. The van der Waals surface area contributed by atoms with E-state index in [-0.39, 0.29) is 5.82 Å². The quantitative estimate of drug-likeness (QED) is 0.264. The Bertz CT molecular complexity index is 1360. The van der Waals surface area contributed by atoms with Crippen LogP contribution in [0.1, 0.15) is 11.1 Å². The van der Waals surface area contributed by atoms with E-state index >= 15 is 0 Å². The van der Waals surface area contributed by atoms with Crippen LogP contribution in [0.25, 0.3) is 22.4 Å². The van der Waals surface area contributed by atoms with E-state index < -0.39 is 0 Å². The van der Waals surface area contributed by atoms with Crippen molar-refractivity contribution in [1.29, 1.82) is 0 Å². The molecule has 0 fully saturated rings. The van der Waals surface area contributed by atoms with Crippen molar-refractivity contribution < 1.29 is 4.39 Å². The zero-order valence-corrected chi connectivity index (χ0v) is 19.1. The molecule has 3 heterocycles. The number of imidazole rings is 2. The summed E-state index contributed by atoms with van der Waals surface area (Å²) in [5, 5.41) is 0.687. The van der Waals surface area contributed by atoms with E-state index in [1.807, 2.05) is 69.9 Å². The van der Waals surface area contributed by atoms with E-state index in [2.05, 4.69) is 20.6 Å². The summed E-state index contributed by atoms with van der Waals surface area (Å²) in [5.41, 5.74) is 4.46. The van der Waals surface area contributed by atoms with Crippen molar-refractivity contribution in [3.05, 3.63) is 99.1 Å². The number of aromatic nitrogens is 5. The van der Waals surface area contributed by atoms with E-state index in [4.69, 9.17) is 16.6 Å². The molecule has 3 aromatic heterocycles. The Morgan fingerprint density at radius 1 is 0.968 bits per heavy atom. The summed E-state index contributed by atoms with van der Waals surface area (Å²) >= 11 is 8.06. The lowest BCUT2D eigenvalue weighted by atomic mass is 10.1. The van der Waals surface area contributed by atoms with Crippen molar-refractivity contribution in [3.8, 4) is 11.4 Å². The van der Waals surface area contributed by atoms with E-state index in [1.54, 1.807) is 18.7 Å². The predicted molar refractivity (Wildman–Crippen MR) is 128 cm³/mol. The fraction of sp³-hybridized carbons (Fsp3) is 0.0870. The molecule has 31 heavy (non-hydrogen) atoms. The van der Waals surface area contributed by atoms with Gasteiger partial charge in [-0.25, -0.2) is 14.4 Å². The van der Waals surface area contributed by atoms with Crippen LogP contribution in [0.4, 0.5) is 4.39 Å². The van der Waals surface area contributed by atoms with Gasteiger partial charge >= 0.3 is 0 Å². The lowest BCUT2D eigenvalue weighted by Gasteiger charge is -2.11. The highest BCUT2D eigenvalue weighted by molar-refractivity contribution is 14.1. The van der Waals surface area contributed by atoms with Crippen molar-refractivity contribution in [1.82, 2.24) is 24.1 Å². The van der Waals surface area contributed by atoms with E-state index in [9.17, 15) is 4.39 Å². The molecule has 0 spiro atoms. The van der Waals surface area contributed by atoms with Crippen LogP contribution in [0.5, 0.6) is 0 Å². The normalized spacial score (nSPS) is 11.3. The average molecular weight is 544 g/mol. The maximum atomic E-state index is 14.2. The van der Waals surface area contributed by atoms with Gasteiger partial charge in [0, 0.05) is 48.0 Å². The highest BCUT2D eigenvalue weighted by Gasteiger charge is 2.16. The molecule has 0 amide bonds. The van der Waals surface area contributed by atoms with Crippen molar-refractivity contribution >= 4 is 45.2 Å². The van der Waals surface area contributed by atoms with Crippen molar-refractivity contribution in [2.45, 2.75) is 13.1 Å². The first-order valence-corrected chi connectivity index (χ1v) is 11.0. The standard InChI is InChI=1S/C23H16ClFIN5/c24-18-3-1-15(2-4-18)13-31-22-9-20(26)19(25)8-21(22)29-23(31)17-7-16(10-28-11-17)12-30-6-5-27-14-30/h1-11,14H,12-13H2. The number of benzene rings is 2. The van der Waals surface area contributed by atoms with Gasteiger partial charge < -0.3 is 9.13 Å². The molecule has 154 valence electrons. The summed E-state index contributed by atoms with van der Waals surface area (Å²) in [6, 6.07) is 13.1. The van der Waals surface area contributed by atoms with Crippen LogP contribution in [0.2, 0.25) is 5.02 Å². The van der Waals surface area contributed by atoms with Crippen LogP contribution < -0.4 is 0 Å². The molecule has 5 aromatic rings. The SMILES string of the molecule is Fc1cc2nc(-c3cncc(Cn4ccnc4)c3)n(Cc3ccc(Cl)cc3)c2cc1I. The summed E-state index contributed by atoms with van der Waals surface area (Å²) < 4.78 is 18.9. The van der Waals surface area contributed by atoms with Crippen LogP contribution in [0, 0.1) is 9.39 Å². The third-order valence-electron chi connectivity index (χ3n) is 5.02. The maximum Gasteiger partial charge on any atom is 0.143 e. The molecule has 5 nitrogen and oxygen atoms in total. The minimum atomic E-state index is -0.275. The maximum absolute atomic E-state index is 14.2. The third kappa shape index (κ3) is 4.20. The molecule has 0 N–H and O–H groups in total. The smallest absolute Gasteiger partial charge is 0.143 e. The summed E-state index contributed by atoms with van der Waals surface area (Å²) in [4.78, 5) is 13.3. The largest absolute Gasteiger partial charge is 0.333 e. The lowest BCUT2D eigenvalue weighted by molar-refractivity contribution is 0.622. The summed E-state index contributed by atoms with van der Waals surface area (Å²) in [6.45, 7) is 1.24. The Hall–Kier alpha value is -2.78. The minimum absolute atomic E-state index is 0.275. The Kier molecular flexibility index (Phi) is 5.45. The molecule has 0 aliphatic rings.